The van der Waals surface area contributed by atoms with Crippen LogP contribution in [0.1, 0.15) is 16.5 Å². The molecule has 3 aromatic rings. The van der Waals surface area contributed by atoms with Gasteiger partial charge in [-0.15, -0.1) is 11.3 Å². The Hall–Kier alpha value is -1.60. The number of hydrogen-bond donors (Lipinski definition) is 1. The molecule has 0 saturated carbocycles. The van der Waals surface area contributed by atoms with Crippen LogP contribution in [0.5, 0.6) is 0 Å². The molecule has 0 amide bonds. The van der Waals surface area contributed by atoms with Crippen molar-refractivity contribution in [2.24, 2.45) is 5.73 Å². The summed E-state index contributed by atoms with van der Waals surface area (Å²) in [5.74, 6) is 0. The lowest BCUT2D eigenvalue weighted by atomic mass is 10.0. The lowest BCUT2D eigenvalue weighted by Gasteiger charge is -2.41. The Balaban J connectivity index is 1.55. The van der Waals surface area contributed by atoms with Crippen LogP contribution < -0.4 is 10.6 Å². The minimum absolute atomic E-state index is 0.181. The maximum absolute atomic E-state index is 11.7. The number of hydrogen-bond acceptors (Lipinski definition) is 5. The molecule has 2 aromatic carbocycles. The molecule has 0 bridgehead atoms. The minimum atomic E-state index is -0.610. The first-order chi connectivity index (χ1) is 15.4. The van der Waals surface area contributed by atoms with Gasteiger partial charge in [0.2, 0.25) is 0 Å². The molecule has 2 unspecified atom stereocenters. The third-order valence-corrected chi connectivity index (χ3v) is 7.83. The Bertz CT molecular complexity index is 1110. The van der Waals surface area contributed by atoms with Gasteiger partial charge in [0.05, 0.1) is 17.1 Å². The highest BCUT2D eigenvalue weighted by Gasteiger charge is 2.31. The summed E-state index contributed by atoms with van der Waals surface area (Å²) in [6.45, 7) is 5.37. The molecule has 2 heterocycles. The van der Waals surface area contributed by atoms with Crippen LogP contribution in [0, 0.1) is 6.92 Å². The van der Waals surface area contributed by atoms with Gasteiger partial charge in [-0.25, -0.2) is 0 Å². The summed E-state index contributed by atoms with van der Waals surface area (Å²) in [5, 5.41) is 1.94. The smallest absolute Gasteiger partial charge is 0.138 e. The molecule has 0 spiro atoms. The number of carbonyl (C=O) groups is 1. The second-order valence-corrected chi connectivity index (χ2v) is 10.3. The summed E-state index contributed by atoms with van der Waals surface area (Å²) >= 11 is 20.3. The predicted molar refractivity (Wildman–Crippen MR) is 137 cm³/mol. The van der Waals surface area contributed by atoms with Gasteiger partial charge < -0.3 is 15.4 Å². The molecule has 1 saturated heterocycles. The molecule has 1 fully saturated rings. The van der Waals surface area contributed by atoms with Crippen molar-refractivity contribution in [1.29, 1.82) is 0 Å². The number of piperazine rings is 1. The fourth-order valence-electron chi connectivity index (χ4n) is 4.20. The van der Waals surface area contributed by atoms with Crippen LogP contribution in [0.2, 0.25) is 15.1 Å². The van der Waals surface area contributed by atoms with Crippen LogP contribution >= 0.6 is 46.1 Å². The Kier molecular flexibility index (Phi) is 7.45. The molecule has 1 aliphatic rings. The van der Waals surface area contributed by atoms with Crippen molar-refractivity contribution in [3.05, 3.63) is 74.0 Å². The highest BCUT2D eigenvalue weighted by Crippen LogP contribution is 2.39. The van der Waals surface area contributed by atoms with Gasteiger partial charge in [-0.2, -0.15) is 0 Å². The normalized spacial score (nSPS) is 16.7. The SMILES string of the molecule is Cc1ccc(Cl)cc1N1CCN(C(c2ccc(-c3ccc(Cl)cc3Cl)s2)C(N)C=O)CC1. The molecular formula is C24H24Cl3N3OS. The average Bonchev–Trinajstić information content (AvgIpc) is 3.25. The first-order valence-electron chi connectivity index (χ1n) is 10.4. The molecule has 4 rings (SSSR count). The Labute approximate surface area is 207 Å². The van der Waals surface area contributed by atoms with Crippen LogP contribution in [0.15, 0.2) is 48.5 Å². The van der Waals surface area contributed by atoms with Crippen molar-refractivity contribution in [2.45, 2.75) is 19.0 Å². The van der Waals surface area contributed by atoms with Crippen molar-refractivity contribution in [3.63, 3.8) is 0 Å². The quantitative estimate of drug-likeness (QED) is 0.410. The summed E-state index contributed by atoms with van der Waals surface area (Å²) in [5.41, 5.74) is 9.57. The lowest BCUT2D eigenvalue weighted by Crippen LogP contribution is -2.51. The summed E-state index contributed by atoms with van der Waals surface area (Å²) < 4.78 is 0. The maximum atomic E-state index is 11.7. The molecule has 32 heavy (non-hydrogen) atoms. The topological polar surface area (TPSA) is 49.6 Å². The zero-order valence-corrected chi connectivity index (χ0v) is 20.7. The van der Waals surface area contributed by atoms with Crippen molar-refractivity contribution in [1.82, 2.24) is 4.90 Å². The van der Waals surface area contributed by atoms with Gasteiger partial charge in [-0.1, -0.05) is 46.9 Å². The monoisotopic (exact) mass is 507 g/mol. The van der Waals surface area contributed by atoms with Gasteiger partial charge in [-0.05, 0) is 48.9 Å². The predicted octanol–water partition coefficient (Wildman–Crippen LogP) is 6.07. The molecule has 0 radical (unpaired) electrons. The van der Waals surface area contributed by atoms with Gasteiger partial charge in [0.25, 0.3) is 0 Å². The standard InChI is InChI=1S/C24H24Cl3N3OS/c1-15-2-3-17(26)13-21(15)29-8-10-30(11-9-29)24(20(28)14-31)23-7-6-22(32-23)18-5-4-16(25)12-19(18)27/h2-7,12-14,20,24H,8-11,28H2,1H3. The number of thiophene rings is 1. The van der Waals surface area contributed by atoms with E-state index in [1.807, 2.05) is 42.5 Å². The molecule has 8 heteroatoms. The molecule has 0 aliphatic carbocycles. The van der Waals surface area contributed by atoms with Crippen LogP contribution in [-0.4, -0.2) is 43.4 Å². The minimum Gasteiger partial charge on any atom is -0.369 e. The largest absolute Gasteiger partial charge is 0.369 e. The van der Waals surface area contributed by atoms with E-state index in [0.29, 0.717) is 10.0 Å². The van der Waals surface area contributed by atoms with E-state index >= 15 is 0 Å². The molecular weight excluding hydrogens is 485 g/mol. The second kappa shape index (κ2) is 10.1. The van der Waals surface area contributed by atoms with Gasteiger partial charge in [0.15, 0.2) is 0 Å². The first-order valence-corrected chi connectivity index (χ1v) is 12.3. The molecule has 2 N–H and O–H groups in total. The van der Waals surface area contributed by atoms with Crippen molar-refractivity contribution < 1.29 is 4.79 Å². The molecule has 4 nitrogen and oxygen atoms in total. The number of carbonyl (C=O) groups excluding carboxylic acids is 1. The molecule has 2 atom stereocenters. The van der Waals surface area contributed by atoms with E-state index in [2.05, 4.69) is 16.7 Å². The first kappa shape index (κ1) is 23.6. The third-order valence-electron chi connectivity index (χ3n) is 5.86. The van der Waals surface area contributed by atoms with Gasteiger partial charge in [0, 0.05) is 57.2 Å². The number of nitrogens with zero attached hydrogens (tertiary/aromatic N) is 2. The summed E-state index contributed by atoms with van der Waals surface area (Å²) in [7, 11) is 0. The summed E-state index contributed by atoms with van der Waals surface area (Å²) in [6.07, 6.45) is 0.840. The average molecular weight is 509 g/mol. The third kappa shape index (κ3) is 4.98. The van der Waals surface area contributed by atoms with E-state index in [4.69, 9.17) is 40.5 Å². The van der Waals surface area contributed by atoms with Gasteiger partial charge in [-0.3, -0.25) is 4.90 Å². The number of halogens is 3. The fraction of sp³-hybridized carbons (Fsp3) is 0.292. The van der Waals surface area contributed by atoms with E-state index in [0.717, 1.165) is 58.5 Å². The summed E-state index contributed by atoms with van der Waals surface area (Å²) in [6, 6.07) is 14.8. The number of aryl methyl sites for hydroxylation is 1. The Morgan fingerprint density at radius 2 is 1.66 bits per heavy atom. The van der Waals surface area contributed by atoms with Crippen molar-refractivity contribution >= 4 is 58.1 Å². The van der Waals surface area contributed by atoms with E-state index in [1.54, 1.807) is 17.4 Å². The van der Waals surface area contributed by atoms with E-state index in [9.17, 15) is 4.79 Å². The summed E-state index contributed by atoms with van der Waals surface area (Å²) in [4.78, 5) is 18.4. The Morgan fingerprint density at radius 1 is 0.969 bits per heavy atom. The Morgan fingerprint density at radius 3 is 2.34 bits per heavy atom. The van der Waals surface area contributed by atoms with Crippen molar-refractivity contribution in [2.75, 3.05) is 31.1 Å². The van der Waals surface area contributed by atoms with Gasteiger partial charge >= 0.3 is 0 Å². The number of aldehydes is 1. The zero-order chi connectivity index (χ0) is 22.8. The van der Waals surface area contributed by atoms with E-state index in [-0.39, 0.29) is 6.04 Å². The molecule has 1 aromatic heterocycles. The van der Waals surface area contributed by atoms with Crippen LogP contribution in [0.4, 0.5) is 5.69 Å². The lowest BCUT2D eigenvalue weighted by molar-refractivity contribution is -0.110. The fourth-order valence-corrected chi connectivity index (χ4v) is 6.17. The van der Waals surface area contributed by atoms with Gasteiger partial charge in [0.1, 0.15) is 6.29 Å². The van der Waals surface area contributed by atoms with Crippen LogP contribution in [-0.2, 0) is 4.79 Å². The van der Waals surface area contributed by atoms with Crippen molar-refractivity contribution in [3.8, 4) is 10.4 Å². The van der Waals surface area contributed by atoms with E-state index < -0.39 is 6.04 Å². The zero-order valence-electron chi connectivity index (χ0n) is 17.6. The molecule has 1 aliphatic heterocycles. The second-order valence-electron chi connectivity index (χ2n) is 7.94. The number of anilines is 1. The highest BCUT2D eigenvalue weighted by molar-refractivity contribution is 7.15. The maximum Gasteiger partial charge on any atom is 0.138 e. The van der Waals surface area contributed by atoms with E-state index in [1.165, 1.54) is 5.56 Å². The number of rotatable bonds is 6. The number of benzene rings is 2. The molecule has 168 valence electrons. The van der Waals surface area contributed by atoms with Crippen LogP contribution in [0.3, 0.4) is 0 Å². The highest BCUT2D eigenvalue weighted by atomic mass is 35.5. The number of nitrogens with two attached hydrogens (primary N) is 1. The van der Waals surface area contributed by atoms with Crippen LogP contribution in [0.25, 0.3) is 10.4 Å².